The van der Waals surface area contributed by atoms with E-state index in [0.29, 0.717) is 28.0 Å². The molecule has 0 aromatic heterocycles. The van der Waals surface area contributed by atoms with Crippen LogP contribution in [0.1, 0.15) is 13.3 Å². The average molecular weight is 421 g/mol. The van der Waals surface area contributed by atoms with Crippen LogP contribution in [0.3, 0.4) is 0 Å². The number of carbonyl (C=O) groups is 2. The van der Waals surface area contributed by atoms with E-state index in [1.165, 1.54) is 0 Å². The molecule has 0 spiro atoms. The number of anilines is 2. The van der Waals surface area contributed by atoms with Crippen LogP contribution in [0, 0.1) is 0 Å². The van der Waals surface area contributed by atoms with Gasteiger partial charge in [-0.2, -0.15) is 0 Å². The van der Waals surface area contributed by atoms with Crippen molar-refractivity contribution in [3.8, 4) is 5.75 Å². The lowest BCUT2D eigenvalue weighted by atomic mass is 10.2. The highest BCUT2D eigenvalue weighted by Gasteiger charge is 2.28. The Labute approximate surface area is 172 Å². The molecule has 1 aliphatic rings. The van der Waals surface area contributed by atoms with Gasteiger partial charge in [-0.05, 0) is 49.4 Å². The molecule has 0 saturated heterocycles. The van der Waals surface area contributed by atoms with Gasteiger partial charge in [-0.3, -0.25) is 14.9 Å². The molecule has 0 bridgehead atoms. The lowest BCUT2D eigenvalue weighted by molar-refractivity contribution is -0.123. The molecule has 1 aliphatic heterocycles. The predicted molar refractivity (Wildman–Crippen MR) is 110 cm³/mol. The maximum Gasteiger partial charge on any atom is 0.252 e. The Morgan fingerprint density at radius 3 is 2.46 bits per heavy atom. The van der Waals surface area contributed by atoms with Gasteiger partial charge in [0.25, 0.3) is 5.91 Å². The third kappa shape index (κ3) is 5.37. The molecular weight excluding hydrogens is 403 g/mol. The van der Waals surface area contributed by atoms with Gasteiger partial charge >= 0.3 is 0 Å². The van der Waals surface area contributed by atoms with Crippen molar-refractivity contribution in [3.05, 3.63) is 52.5 Å². The smallest absolute Gasteiger partial charge is 0.252 e. The summed E-state index contributed by atoms with van der Waals surface area (Å²) in [5.74, 6) is 0.275. The number of rotatable bonds is 6. The molecule has 2 aromatic carbocycles. The van der Waals surface area contributed by atoms with Crippen LogP contribution in [-0.4, -0.2) is 30.4 Å². The summed E-state index contributed by atoms with van der Waals surface area (Å²) in [7, 11) is 0. The Kier molecular flexibility index (Phi) is 6.38. The summed E-state index contributed by atoms with van der Waals surface area (Å²) in [5, 5.41) is 9.17. The Morgan fingerprint density at radius 2 is 1.82 bits per heavy atom. The molecule has 9 heteroatoms. The van der Waals surface area contributed by atoms with Crippen molar-refractivity contribution in [1.82, 2.24) is 5.32 Å². The maximum atomic E-state index is 12.2. The lowest BCUT2D eigenvalue weighted by Gasteiger charge is -2.08. The number of hydrogen-bond donors (Lipinski definition) is 3. The largest absolute Gasteiger partial charge is 0.494 e. The third-order valence-electron chi connectivity index (χ3n) is 3.78. The SMILES string of the molecule is CCOc1ccc(NC(=O)CC2N=C(Nc3cc(Cl)cc(Cl)c3)NC2=O)cc1. The van der Waals surface area contributed by atoms with Crippen LogP contribution in [0.15, 0.2) is 47.5 Å². The van der Waals surface area contributed by atoms with Crippen LogP contribution < -0.4 is 20.7 Å². The molecule has 3 N–H and O–H groups in total. The van der Waals surface area contributed by atoms with E-state index in [4.69, 9.17) is 27.9 Å². The number of nitrogens with zero attached hydrogens (tertiary/aromatic N) is 1. The minimum absolute atomic E-state index is 0.0828. The summed E-state index contributed by atoms with van der Waals surface area (Å²) in [4.78, 5) is 28.6. The van der Waals surface area contributed by atoms with Crippen LogP contribution in [0.4, 0.5) is 11.4 Å². The molecule has 146 valence electrons. The number of benzene rings is 2. The van der Waals surface area contributed by atoms with Crippen molar-refractivity contribution in [3.63, 3.8) is 0 Å². The zero-order valence-electron chi connectivity index (χ0n) is 15.0. The van der Waals surface area contributed by atoms with E-state index in [1.807, 2.05) is 6.92 Å². The standard InChI is InChI=1S/C19H18Cl2N4O3/c1-2-28-15-5-3-13(4-6-15)22-17(26)10-16-18(27)25-19(24-16)23-14-8-11(20)7-12(21)9-14/h3-9,16H,2,10H2,1H3,(H,22,26)(H2,23,24,25,27). The maximum absolute atomic E-state index is 12.2. The fraction of sp³-hybridized carbons (Fsp3) is 0.211. The summed E-state index contributed by atoms with van der Waals surface area (Å²) in [6.45, 7) is 2.46. The van der Waals surface area contributed by atoms with Crippen molar-refractivity contribution in [2.45, 2.75) is 19.4 Å². The van der Waals surface area contributed by atoms with Crippen molar-refractivity contribution in [2.24, 2.45) is 4.99 Å². The van der Waals surface area contributed by atoms with Gasteiger partial charge in [-0.25, -0.2) is 4.99 Å². The van der Waals surface area contributed by atoms with E-state index in [0.717, 1.165) is 5.75 Å². The average Bonchev–Trinajstić information content (AvgIpc) is 2.95. The molecule has 0 radical (unpaired) electrons. The Morgan fingerprint density at radius 1 is 1.14 bits per heavy atom. The van der Waals surface area contributed by atoms with Crippen LogP contribution >= 0.6 is 23.2 Å². The second-order valence-corrected chi connectivity index (χ2v) is 6.85. The molecule has 0 aliphatic carbocycles. The van der Waals surface area contributed by atoms with Gasteiger partial charge in [0, 0.05) is 21.4 Å². The third-order valence-corrected chi connectivity index (χ3v) is 4.22. The topological polar surface area (TPSA) is 91.8 Å². The van der Waals surface area contributed by atoms with Crippen molar-refractivity contribution in [1.29, 1.82) is 0 Å². The highest BCUT2D eigenvalue weighted by Crippen LogP contribution is 2.23. The second kappa shape index (κ2) is 8.95. The quantitative estimate of drug-likeness (QED) is 0.664. The molecular formula is C19H18Cl2N4O3. The Hall–Kier alpha value is -2.77. The molecule has 1 heterocycles. The van der Waals surface area contributed by atoms with E-state index in [1.54, 1.807) is 42.5 Å². The zero-order valence-corrected chi connectivity index (χ0v) is 16.5. The van der Waals surface area contributed by atoms with Crippen LogP contribution in [0.25, 0.3) is 0 Å². The predicted octanol–water partition coefficient (Wildman–Crippen LogP) is 3.69. The monoisotopic (exact) mass is 420 g/mol. The van der Waals surface area contributed by atoms with Gasteiger partial charge in [-0.1, -0.05) is 23.2 Å². The van der Waals surface area contributed by atoms with Gasteiger partial charge in [-0.15, -0.1) is 0 Å². The summed E-state index contributed by atoms with van der Waals surface area (Å²) in [6, 6.07) is 11.1. The summed E-state index contributed by atoms with van der Waals surface area (Å²) in [6.07, 6.45) is -0.0828. The first-order chi connectivity index (χ1) is 13.4. The number of hydrogen-bond acceptors (Lipinski definition) is 5. The molecule has 1 atom stereocenters. The lowest BCUT2D eigenvalue weighted by Crippen LogP contribution is -2.33. The molecule has 2 amide bonds. The van der Waals surface area contributed by atoms with Crippen molar-refractivity contribution < 1.29 is 14.3 Å². The number of ether oxygens (including phenoxy) is 1. The summed E-state index contributed by atoms with van der Waals surface area (Å²) < 4.78 is 5.36. The normalized spacial score (nSPS) is 15.6. The number of nitrogens with one attached hydrogen (secondary N) is 3. The minimum atomic E-state index is -0.820. The highest BCUT2D eigenvalue weighted by molar-refractivity contribution is 6.35. The number of guanidine groups is 1. The van der Waals surface area contributed by atoms with E-state index >= 15 is 0 Å². The summed E-state index contributed by atoms with van der Waals surface area (Å²) >= 11 is 11.9. The Bertz CT molecular complexity index is 896. The van der Waals surface area contributed by atoms with Crippen LogP contribution in [-0.2, 0) is 9.59 Å². The van der Waals surface area contributed by atoms with Gasteiger partial charge in [0.2, 0.25) is 11.9 Å². The second-order valence-electron chi connectivity index (χ2n) is 5.98. The molecule has 7 nitrogen and oxygen atoms in total. The van der Waals surface area contributed by atoms with Gasteiger partial charge < -0.3 is 15.4 Å². The van der Waals surface area contributed by atoms with Gasteiger partial charge in [0.1, 0.15) is 11.8 Å². The first kappa shape index (κ1) is 20.0. The first-order valence-electron chi connectivity index (χ1n) is 8.57. The number of aliphatic imine (C=N–C) groups is 1. The van der Waals surface area contributed by atoms with E-state index < -0.39 is 6.04 Å². The highest BCUT2D eigenvalue weighted by atomic mass is 35.5. The molecule has 1 unspecified atom stereocenters. The van der Waals surface area contributed by atoms with Crippen molar-refractivity contribution in [2.75, 3.05) is 17.2 Å². The van der Waals surface area contributed by atoms with E-state index in [2.05, 4.69) is 20.9 Å². The fourth-order valence-corrected chi connectivity index (χ4v) is 3.13. The number of amides is 2. The van der Waals surface area contributed by atoms with Gasteiger partial charge in [0.05, 0.1) is 13.0 Å². The fourth-order valence-electron chi connectivity index (χ4n) is 2.60. The minimum Gasteiger partial charge on any atom is -0.494 e. The molecule has 3 rings (SSSR count). The molecule has 0 saturated carbocycles. The van der Waals surface area contributed by atoms with Crippen LogP contribution in [0.2, 0.25) is 10.0 Å². The molecule has 0 fully saturated rings. The molecule has 28 heavy (non-hydrogen) atoms. The number of halogens is 2. The van der Waals surface area contributed by atoms with Gasteiger partial charge in [0.15, 0.2) is 0 Å². The first-order valence-corrected chi connectivity index (χ1v) is 9.33. The zero-order chi connectivity index (χ0) is 20.1. The number of carbonyl (C=O) groups excluding carboxylic acids is 2. The van der Waals surface area contributed by atoms with E-state index in [9.17, 15) is 9.59 Å². The van der Waals surface area contributed by atoms with Crippen molar-refractivity contribution >= 4 is 52.4 Å². The van der Waals surface area contributed by atoms with Crippen LogP contribution in [0.5, 0.6) is 5.75 Å². The van der Waals surface area contributed by atoms with E-state index in [-0.39, 0.29) is 24.2 Å². The summed E-state index contributed by atoms with van der Waals surface area (Å²) in [5.41, 5.74) is 1.19. The Balaban J connectivity index is 1.58. The molecule has 2 aromatic rings.